The molecule has 3 aliphatic rings. The summed E-state index contributed by atoms with van der Waals surface area (Å²) in [5, 5.41) is 9.27. The zero-order valence-corrected chi connectivity index (χ0v) is 15.9. The molecule has 7 heteroatoms. The molecule has 1 aliphatic carbocycles. The SMILES string of the molecule is CC1(C)[C@H](C(=O)O)[C@@H]1C(=O)N1CCN(CC(=O)N2CCCCCC2)CC1. The van der Waals surface area contributed by atoms with Crippen LogP contribution < -0.4 is 0 Å². The predicted octanol–water partition coefficient (Wildman–Crippen LogP) is 0.890. The van der Waals surface area contributed by atoms with E-state index in [1.807, 2.05) is 18.7 Å². The summed E-state index contributed by atoms with van der Waals surface area (Å²) >= 11 is 0. The Hall–Kier alpha value is -1.63. The third-order valence-electron chi connectivity index (χ3n) is 6.36. The molecule has 0 spiro atoms. The topological polar surface area (TPSA) is 81.2 Å². The molecule has 0 bridgehead atoms. The molecule has 3 rings (SSSR count). The van der Waals surface area contributed by atoms with E-state index in [1.165, 1.54) is 12.8 Å². The van der Waals surface area contributed by atoms with Crippen molar-refractivity contribution in [1.82, 2.24) is 14.7 Å². The van der Waals surface area contributed by atoms with Crippen molar-refractivity contribution in [3.05, 3.63) is 0 Å². The number of likely N-dealkylation sites (tertiary alicyclic amines) is 1. The lowest BCUT2D eigenvalue weighted by atomic mass is 10.1. The Balaban J connectivity index is 1.46. The van der Waals surface area contributed by atoms with E-state index in [0.29, 0.717) is 32.7 Å². The maximum atomic E-state index is 12.7. The number of nitrogens with zero attached hydrogens (tertiary/aromatic N) is 3. The number of hydrogen-bond acceptors (Lipinski definition) is 4. The summed E-state index contributed by atoms with van der Waals surface area (Å²) < 4.78 is 0. The van der Waals surface area contributed by atoms with E-state index >= 15 is 0 Å². The Morgan fingerprint density at radius 2 is 1.42 bits per heavy atom. The molecule has 0 radical (unpaired) electrons. The Morgan fingerprint density at radius 3 is 1.92 bits per heavy atom. The van der Waals surface area contributed by atoms with E-state index < -0.39 is 23.2 Å². The van der Waals surface area contributed by atoms with Crippen LogP contribution in [0.15, 0.2) is 0 Å². The van der Waals surface area contributed by atoms with Gasteiger partial charge >= 0.3 is 5.97 Å². The van der Waals surface area contributed by atoms with E-state index in [1.54, 1.807) is 4.90 Å². The van der Waals surface area contributed by atoms with Gasteiger partial charge in [0.2, 0.25) is 11.8 Å². The number of carboxylic acid groups (broad SMARTS) is 1. The monoisotopic (exact) mass is 365 g/mol. The molecule has 1 N–H and O–H groups in total. The summed E-state index contributed by atoms with van der Waals surface area (Å²) in [6, 6.07) is 0. The van der Waals surface area contributed by atoms with Gasteiger partial charge in [0.1, 0.15) is 0 Å². The standard InChI is InChI=1S/C19H31N3O4/c1-19(2)15(16(19)18(25)26)17(24)22-11-9-20(10-12-22)13-14(23)21-7-5-3-4-6-8-21/h15-16H,3-13H2,1-2H3,(H,25,26)/t15-,16+/m1/s1. The first-order chi connectivity index (χ1) is 12.3. The van der Waals surface area contributed by atoms with Crippen LogP contribution in [0, 0.1) is 17.3 Å². The van der Waals surface area contributed by atoms with Gasteiger partial charge in [-0.2, -0.15) is 0 Å². The average Bonchev–Trinajstić information content (AvgIpc) is 3.27. The van der Waals surface area contributed by atoms with Crippen LogP contribution in [0.5, 0.6) is 0 Å². The molecule has 0 unspecified atom stereocenters. The molecule has 2 amide bonds. The van der Waals surface area contributed by atoms with Gasteiger partial charge in [0.05, 0.1) is 18.4 Å². The number of rotatable bonds is 4. The Kier molecular flexibility index (Phi) is 5.55. The van der Waals surface area contributed by atoms with Crippen molar-refractivity contribution in [1.29, 1.82) is 0 Å². The van der Waals surface area contributed by atoms with Crippen molar-refractivity contribution in [2.24, 2.45) is 17.3 Å². The van der Waals surface area contributed by atoms with Gasteiger partial charge in [-0.3, -0.25) is 19.3 Å². The van der Waals surface area contributed by atoms with Crippen LogP contribution in [-0.2, 0) is 14.4 Å². The van der Waals surface area contributed by atoms with E-state index in [2.05, 4.69) is 4.90 Å². The highest BCUT2D eigenvalue weighted by molar-refractivity contribution is 5.91. The molecule has 2 atom stereocenters. The molecule has 0 aromatic heterocycles. The fourth-order valence-electron chi connectivity index (χ4n) is 4.49. The second-order valence-corrected chi connectivity index (χ2v) is 8.51. The van der Waals surface area contributed by atoms with Gasteiger partial charge in [0.25, 0.3) is 0 Å². The molecule has 0 aromatic carbocycles. The van der Waals surface area contributed by atoms with Crippen LogP contribution in [-0.4, -0.2) is 83.4 Å². The van der Waals surface area contributed by atoms with Gasteiger partial charge in [0, 0.05) is 39.3 Å². The molecule has 7 nitrogen and oxygen atoms in total. The zero-order chi connectivity index (χ0) is 18.9. The molecule has 2 heterocycles. The summed E-state index contributed by atoms with van der Waals surface area (Å²) in [7, 11) is 0. The van der Waals surface area contributed by atoms with Gasteiger partial charge in [0.15, 0.2) is 0 Å². The first-order valence-electron chi connectivity index (χ1n) is 9.84. The van der Waals surface area contributed by atoms with Crippen molar-refractivity contribution in [2.75, 3.05) is 45.8 Å². The normalized spacial score (nSPS) is 29.2. The fraction of sp³-hybridized carbons (Fsp3) is 0.842. The van der Waals surface area contributed by atoms with Crippen LogP contribution in [0.3, 0.4) is 0 Å². The van der Waals surface area contributed by atoms with Crippen LogP contribution in [0.1, 0.15) is 39.5 Å². The number of hydrogen-bond donors (Lipinski definition) is 1. The first-order valence-corrected chi connectivity index (χ1v) is 9.84. The number of carbonyl (C=O) groups is 3. The maximum absolute atomic E-state index is 12.7. The van der Waals surface area contributed by atoms with Gasteiger partial charge in [-0.05, 0) is 18.3 Å². The minimum atomic E-state index is -0.880. The predicted molar refractivity (Wildman–Crippen MR) is 96.5 cm³/mol. The molecular formula is C19H31N3O4. The highest BCUT2D eigenvalue weighted by atomic mass is 16.4. The van der Waals surface area contributed by atoms with Crippen molar-refractivity contribution >= 4 is 17.8 Å². The number of piperazine rings is 1. The fourth-order valence-corrected chi connectivity index (χ4v) is 4.49. The number of carboxylic acids is 1. The van der Waals surface area contributed by atoms with Crippen LogP contribution in [0.2, 0.25) is 0 Å². The number of carbonyl (C=O) groups excluding carboxylic acids is 2. The van der Waals surface area contributed by atoms with Crippen LogP contribution in [0.4, 0.5) is 0 Å². The van der Waals surface area contributed by atoms with E-state index in [9.17, 15) is 19.5 Å². The van der Waals surface area contributed by atoms with Crippen molar-refractivity contribution < 1.29 is 19.5 Å². The highest BCUT2D eigenvalue weighted by Crippen LogP contribution is 2.59. The minimum absolute atomic E-state index is 0.0408. The van der Waals surface area contributed by atoms with Gasteiger partial charge in [-0.1, -0.05) is 26.7 Å². The Morgan fingerprint density at radius 1 is 0.846 bits per heavy atom. The average molecular weight is 365 g/mol. The van der Waals surface area contributed by atoms with E-state index in [-0.39, 0.29) is 11.8 Å². The van der Waals surface area contributed by atoms with Gasteiger partial charge in [-0.15, -0.1) is 0 Å². The number of aliphatic carboxylic acids is 1. The van der Waals surface area contributed by atoms with E-state index in [4.69, 9.17) is 0 Å². The smallest absolute Gasteiger partial charge is 0.307 e. The highest BCUT2D eigenvalue weighted by Gasteiger charge is 2.66. The molecule has 146 valence electrons. The molecule has 2 aliphatic heterocycles. The quantitative estimate of drug-likeness (QED) is 0.800. The molecule has 2 saturated heterocycles. The first kappa shape index (κ1) is 19.1. The lowest BCUT2D eigenvalue weighted by molar-refractivity contribution is -0.143. The minimum Gasteiger partial charge on any atom is -0.481 e. The second-order valence-electron chi connectivity index (χ2n) is 8.51. The van der Waals surface area contributed by atoms with Gasteiger partial charge < -0.3 is 14.9 Å². The van der Waals surface area contributed by atoms with E-state index in [0.717, 1.165) is 25.9 Å². The number of amides is 2. The summed E-state index contributed by atoms with van der Waals surface area (Å²) in [4.78, 5) is 42.3. The van der Waals surface area contributed by atoms with Crippen molar-refractivity contribution in [3.8, 4) is 0 Å². The van der Waals surface area contributed by atoms with Crippen molar-refractivity contribution in [2.45, 2.75) is 39.5 Å². The summed E-state index contributed by atoms with van der Waals surface area (Å²) in [5.41, 5.74) is -0.456. The maximum Gasteiger partial charge on any atom is 0.307 e. The van der Waals surface area contributed by atoms with Gasteiger partial charge in [-0.25, -0.2) is 0 Å². The summed E-state index contributed by atoms with van der Waals surface area (Å²) in [6.45, 7) is 8.36. The second kappa shape index (κ2) is 7.55. The Bertz CT molecular complexity index is 561. The van der Waals surface area contributed by atoms with Crippen LogP contribution >= 0.6 is 0 Å². The lowest BCUT2D eigenvalue weighted by Crippen LogP contribution is -2.52. The molecular weight excluding hydrogens is 334 g/mol. The zero-order valence-electron chi connectivity index (χ0n) is 15.9. The lowest BCUT2D eigenvalue weighted by Gasteiger charge is -2.35. The summed E-state index contributed by atoms with van der Waals surface area (Å²) in [5.74, 6) is -1.71. The molecule has 1 saturated carbocycles. The van der Waals surface area contributed by atoms with Crippen LogP contribution in [0.25, 0.3) is 0 Å². The van der Waals surface area contributed by atoms with Crippen molar-refractivity contribution in [3.63, 3.8) is 0 Å². The largest absolute Gasteiger partial charge is 0.481 e. The summed E-state index contributed by atoms with van der Waals surface area (Å²) in [6.07, 6.45) is 4.60. The Labute approximate surface area is 155 Å². The molecule has 3 fully saturated rings. The third kappa shape index (κ3) is 3.87. The molecule has 0 aromatic rings. The third-order valence-corrected chi connectivity index (χ3v) is 6.36. The molecule has 26 heavy (non-hydrogen) atoms.